The number of hydrogen-bond donors (Lipinski definition) is 1. The smallest absolute Gasteiger partial charge is 0.328 e. The van der Waals surface area contributed by atoms with E-state index in [4.69, 9.17) is 9.84 Å². The highest BCUT2D eigenvalue weighted by atomic mass is 32.1. The van der Waals surface area contributed by atoms with Crippen LogP contribution < -0.4 is 4.74 Å². The van der Waals surface area contributed by atoms with Crippen molar-refractivity contribution < 1.29 is 23.4 Å². The Bertz CT molecular complexity index is 613. The van der Waals surface area contributed by atoms with Crippen LogP contribution in [0.4, 0.5) is 8.78 Å². The molecule has 0 saturated carbocycles. The second-order valence-electron chi connectivity index (χ2n) is 3.91. The summed E-state index contributed by atoms with van der Waals surface area (Å²) in [6, 6.07) is 3.83. The van der Waals surface area contributed by atoms with Crippen LogP contribution in [0.5, 0.6) is 5.75 Å². The largest absolute Gasteiger partial charge is 0.483 e. The third kappa shape index (κ3) is 3.64. The number of carboxylic acids is 1. The number of halogens is 2. The number of rotatable bonds is 5. The van der Waals surface area contributed by atoms with E-state index in [1.165, 1.54) is 11.3 Å². The Kier molecular flexibility index (Phi) is 4.47. The molecule has 0 aliphatic rings. The summed E-state index contributed by atoms with van der Waals surface area (Å²) in [4.78, 5) is 10.3. The Hall–Kier alpha value is -2.21. The Morgan fingerprint density at radius 2 is 2.05 bits per heavy atom. The third-order valence-corrected chi connectivity index (χ3v) is 3.13. The zero-order valence-electron chi connectivity index (χ0n) is 10.2. The van der Waals surface area contributed by atoms with Gasteiger partial charge in [0.1, 0.15) is 6.61 Å². The van der Waals surface area contributed by atoms with E-state index in [0.717, 1.165) is 29.8 Å². The van der Waals surface area contributed by atoms with Crippen molar-refractivity contribution in [3.63, 3.8) is 0 Å². The van der Waals surface area contributed by atoms with Crippen molar-refractivity contribution in [2.75, 3.05) is 0 Å². The maximum absolute atomic E-state index is 13.7. The van der Waals surface area contributed by atoms with E-state index < -0.39 is 23.4 Å². The normalized spacial score (nSPS) is 10.9. The molecule has 104 valence electrons. The van der Waals surface area contributed by atoms with Crippen LogP contribution in [0.25, 0.3) is 6.08 Å². The lowest BCUT2D eigenvalue weighted by Gasteiger charge is -2.08. The minimum Gasteiger partial charge on any atom is -0.483 e. The van der Waals surface area contributed by atoms with Crippen LogP contribution in [0.1, 0.15) is 11.1 Å². The first kappa shape index (κ1) is 14.2. The number of hydrogen-bond acceptors (Lipinski definition) is 3. The molecule has 1 aromatic heterocycles. The first-order valence-corrected chi connectivity index (χ1v) is 6.54. The highest BCUT2D eigenvalue weighted by molar-refractivity contribution is 7.07. The lowest BCUT2D eigenvalue weighted by atomic mass is 10.2. The SMILES string of the molecule is O=C(O)C=Cc1cc(F)c(OCc2ccsc2)c(F)c1. The van der Waals surface area contributed by atoms with Crippen molar-refractivity contribution in [3.05, 3.63) is 57.8 Å². The molecule has 0 aliphatic heterocycles. The summed E-state index contributed by atoms with van der Waals surface area (Å²) in [5, 5.41) is 12.1. The van der Waals surface area contributed by atoms with Crippen molar-refractivity contribution in [1.29, 1.82) is 0 Å². The molecule has 0 bridgehead atoms. The standard InChI is InChI=1S/C14H10F2O3S/c15-11-5-9(1-2-13(17)18)6-12(16)14(11)19-7-10-3-4-20-8-10/h1-6,8H,7H2,(H,17,18). The zero-order chi connectivity index (χ0) is 14.5. The number of ether oxygens (including phenoxy) is 1. The summed E-state index contributed by atoms with van der Waals surface area (Å²) in [6.07, 6.45) is 1.91. The molecule has 0 fully saturated rings. The van der Waals surface area contributed by atoms with Crippen LogP contribution in [0.2, 0.25) is 0 Å². The summed E-state index contributed by atoms with van der Waals surface area (Å²) in [6.45, 7) is 0.0711. The minimum atomic E-state index is -1.19. The number of thiophene rings is 1. The average molecular weight is 296 g/mol. The van der Waals surface area contributed by atoms with Crippen LogP contribution in [-0.2, 0) is 11.4 Å². The molecule has 20 heavy (non-hydrogen) atoms. The summed E-state index contributed by atoms with van der Waals surface area (Å²) < 4.78 is 32.5. The van der Waals surface area contributed by atoms with Crippen molar-refractivity contribution >= 4 is 23.4 Å². The molecular weight excluding hydrogens is 286 g/mol. The Morgan fingerprint density at radius 3 is 2.60 bits per heavy atom. The highest BCUT2D eigenvalue weighted by Gasteiger charge is 2.12. The van der Waals surface area contributed by atoms with E-state index in [2.05, 4.69) is 0 Å². The minimum absolute atomic E-state index is 0.0711. The number of carbonyl (C=O) groups is 1. The quantitative estimate of drug-likeness (QED) is 0.856. The van der Waals surface area contributed by atoms with Crippen LogP contribution in [-0.4, -0.2) is 11.1 Å². The molecule has 0 saturated heterocycles. The van der Waals surface area contributed by atoms with Crippen molar-refractivity contribution in [2.24, 2.45) is 0 Å². The fourth-order valence-corrected chi connectivity index (χ4v) is 2.16. The van der Waals surface area contributed by atoms with E-state index in [9.17, 15) is 13.6 Å². The van der Waals surface area contributed by atoms with Gasteiger partial charge in [-0.05, 0) is 46.2 Å². The second-order valence-corrected chi connectivity index (χ2v) is 4.69. The van der Waals surface area contributed by atoms with Crippen LogP contribution in [0.15, 0.2) is 35.0 Å². The van der Waals surface area contributed by atoms with Gasteiger partial charge in [-0.15, -0.1) is 0 Å². The van der Waals surface area contributed by atoms with E-state index in [1.807, 2.05) is 10.8 Å². The second kappa shape index (κ2) is 6.29. The van der Waals surface area contributed by atoms with E-state index >= 15 is 0 Å². The summed E-state index contributed by atoms with van der Waals surface area (Å²) in [5.74, 6) is -3.40. The number of carboxylic acid groups (broad SMARTS) is 1. The lowest BCUT2D eigenvalue weighted by Crippen LogP contribution is -1.99. The molecule has 0 unspecified atom stereocenters. The average Bonchev–Trinajstić information content (AvgIpc) is 2.88. The molecule has 2 aromatic rings. The molecule has 3 nitrogen and oxygen atoms in total. The first-order chi connectivity index (χ1) is 9.56. The van der Waals surface area contributed by atoms with Gasteiger partial charge in [0.2, 0.25) is 0 Å². The molecule has 6 heteroatoms. The molecule has 0 aliphatic carbocycles. The van der Waals surface area contributed by atoms with E-state index in [-0.39, 0.29) is 12.2 Å². The predicted octanol–water partition coefficient (Wildman–Crippen LogP) is 3.70. The molecule has 1 N–H and O–H groups in total. The van der Waals surface area contributed by atoms with Gasteiger partial charge in [0.15, 0.2) is 17.4 Å². The zero-order valence-corrected chi connectivity index (χ0v) is 11.0. The van der Waals surface area contributed by atoms with Gasteiger partial charge in [-0.1, -0.05) is 0 Å². The maximum Gasteiger partial charge on any atom is 0.328 e. The highest BCUT2D eigenvalue weighted by Crippen LogP contribution is 2.25. The van der Waals surface area contributed by atoms with E-state index in [1.54, 1.807) is 6.07 Å². The summed E-state index contributed by atoms with van der Waals surface area (Å²) in [5.41, 5.74) is 0.939. The van der Waals surface area contributed by atoms with Crippen molar-refractivity contribution in [1.82, 2.24) is 0 Å². The van der Waals surface area contributed by atoms with Gasteiger partial charge in [0.05, 0.1) is 0 Å². The lowest BCUT2D eigenvalue weighted by molar-refractivity contribution is -0.131. The Morgan fingerprint density at radius 1 is 1.35 bits per heavy atom. The Balaban J connectivity index is 2.16. The topological polar surface area (TPSA) is 46.5 Å². The molecular formula is C14H10F2O3S. The van der Waals surface area contributed by atoms with Crippen molar-refractivity contribution in [3.8, 4) is 5.75 Å². The van der Waals surface area contributed by atoms with E-state index in [0.29, 0.717) is 0 Å². The Labute approximate surface area is 117 Å². The molecule has 2 rings (SSSR count). The fraction of sp³-hybridized carbons (Fsp3) is 0.0714. The van der Waals surface area contributed by atoms with Gasteiger partial charge in [-0.2, -0.15) is 11.3 Å². The van der Waals surface area contributed by atoms with Gasteiger partial charge in [-0.3, -0.25) is 0 Å². The van der Waals surface area contributed by atoms with Gasteiger partial charge in [-0.25, -0.2) is 13.6 Å². The fourth-order valence-electron chi connectivity index (χ4n) is 1.51. The van der Waals surface area contributed by atoms with Gasteiger partial charge in [0, 0.05) is 6.08 Å². The molecule has 1 heterocycles. The van der Waals surface area contributed by atoms with Gasteiger partial charge in [0.25, 0.3) is 0 Å². The summed E-state index contributed by atoms with van der Waals surface area (Å²) >= 11 is 1.46. The van der Waals surface area contributed by atoms with Crippen LogP contribution >= 0.6 is 11.3 Å². The van der Waals surface area contributed by atoms with Gasteiger partial charge >= 0.3 is 5.97 Å². The number of benzene rings is 1. The molecule has 0 atom stereocenters. The third-order valence-electron chi connectivity index (χ3n) is 2.40. The number of aliphatic carboxylic acids is 1. The molecule has 1 aromatic carbocycles. The summed E-state index contributed by atoms with van der Waals surface area (Å²) in [7, 11) is 0. The first-order valence-electron chi connectivity index (χ1n) is 5.60. The monoisotopic (exact) mass is 296 g/mol. The maximum atomic E-state index is 13.7. The van der Waals surface area contributed by atoms with Gasteiger partial charge < -0.3 is 9.84 Å². The molecule has 0 amide bonds. The van der Waals surface area contributed by atoms with Crippen LogP contribution in [0, 0.1) is 11.6 Å². The molecule has 0 radical (unpaired) electrons. The molecule has 0 spiro atoms. The predicted molar refractivity (Wildman–Crippen MR) is 71.7 cm³/mol. The van der Waals surface area contributed by atoms with Crippen LogP contribution in [0.3, 0.4) is 0 Å². The van der Waals surface area contributed by atoms with Crippen molar-refractivity contribution in [2.45, 2.75) is 6.61 Å².